The second kappa shape index (κ2) is 7.22. The molecule has 2 aliphatic heterocycles. The van der Waals surface area contributed by atoms with E-state index in [4.69, 9.17) is 4.74 Å². The lowest BCUT2D eigenvalue weighted by Crippen LogP contribution is -2.51. The van der Waals surface area contributed by atoms with Crippen molar-refractivity contribution >= 4 is 5.97 Å². The highest BCUT2D eigenvalue weighted by atomic mass is 16.5. The van der Waals surface area contributed by atoms with Crippen LogP contribution in [-0.2, 0) is 9.53 Å². The Bertz CT molecular complexity index is 298. The molecule has 0 spiro atoms. The minimum absolute atomic E-state index is 0.121. The molecule has 0 aromatic heterocycles. The summed E-state index contributed by atoms with van der Waals surface area (Å²) in [5.41, 5.74) is 0. The van der Waals surface area contributed by atoms with Gasteiger partial charge in [0.05, 0.1) is 6.61 Å². The first-order valence-corrected chi connectivity index (χ1v) is 7.55. The number of fused-ring (bicyclic) bond motifs is 1. The molecule has 0 aromatic rings. The zero-order valence-electron chi connectivity index (χ0n) is 12.2. The topological polar surface area (TPSA) is 44.8 Å². The minimum atomic E-state index is -0.165. The fraction of sp³-hybridized carbons (Fsp3) is 0.929. The largest absolute Gasteiger partial charge is 0.465 e. The van der Waals surface area contributed by atoms with E-state index in [1.807, 2.05) is 14.0 Å². The predicted molar refractivity (Wildman–Crippen MR) is 75.1 cm³/mol. The molecule has 0 amide bonds. The summed E-state index contributed by atoms with van der Waals surface area (Å²) in [6, 6.07) is 0.589. The van der Waals surface area contributed by atoms with Gasteiger partial charge in [0, 0.05) is 32.2 Å². The zero-order valence-corrected chi connectivity index (χ0v) is 12.2. The van der Waals surface area contributed by atoms with Crippen LogP contribution >= 0.6 is 0 Å². The van der Waals surface area contributed by atoms with Crippen molar-refractivity contribution in [2.75, 3.05) is 46.4 Å². The Morgan fingerprint density at radius 2 is 2.26 bits per heavy atom. The molecular weight excluding hydrogens is 242 g/mol. The number of esters is 1. The van der Waals surface area contributed by atoms with Gasteiger partial charge in [0.2, 0.25) is 0 Å². The number of hydrogen-bond acceptors (Lipinski definition) is 5. The third-order valence-electron chi connectivity index (χ3n) is 4.33. The average Bonchev–Trinajstić information content (AvgIpc) is 2.87. The third-order valence-corrected chi connectivity index (χ3v) is 4.33. The first-order valence-electron chi connectivity index (χ1n) is 7.55. The number of piperazine rings is 1. The van der Waals surface area contributed by atoms with Crippen molar-refractivity contribution in [3.63, 3.8) is 0 Å². The summed E-state index contributed by atoms with van der Waals surface area (Å²) in [5.74, 6) is -0.121. The van der Waals surface area contributed by atoms with Crippen LogP contribution in [0.25, 0.3) is 0 Å². The van der Waals surface area contributed by atoms with Gasteiger partial charge in [-0.3, -0.25) is 9.69 Å². The van der Waals surface area contributed by atoms with Gasteiger partial charge >= 0.3 is 5.97 Å². The number of rotatable bonds is 6. The van der Waals surface area contributed by atoms with E-state index in [-0.39, 0.29) is 12.0 Å². The second-order valence-electron chi connectivity index (χ2n) is 5.51. The van der Waals surface area contributed by atoms with E-state index in [2.05, 4.69) is 15.1 Å². The predicted octanol–water partition coefficient (Wildman–Crippen LogP) is 0.308. The van der Waals surface area contributed by atoms with Gasteiger partial charge in [0.15, 0.2) is 0 Å². The lowest BCUT2D eigenvalue weighted by molar-refractivity contribution is -0.145. The molecule has 19 heavy (non-hydrogen) atoms. The van der Waals surface area contributed by atoms with Crippen molar-refractivity contribution in [1.82, 2.24) is 15.1 Å². The van der Waals surface area contributed by atoms with Crippen LogP contribution in [-0.4, -0.2) is 74.2 Å². The highest BCUT2D eigenvalue weighted by molar-refractivity contribution is 5.75. The maximum Gasteiger partial charge on any atom is 0.323 e. The lowest BCUT2D eigenvalue weighted by atomic mass is 10.1. The summed E-state index contributed by atoms with van der Waals surface area (Å²) in [4.78, 5) is 16.8. The van der Waals surface area contributed by atoms with Crippen molar-refractivity contribution in [2.24, 2.45) is 0 Å². The number of carbonyl (C=O) groups is 1. The molecular formula is C14H27N3O2. The van der Waals surface area contributed by atoms with Gasteiger partial charge in [0.25, 0.3) is 0 Å². The van der Waals surface area contributed by atoms with Crippen LogP contribution in [0.1, 0.15) is 26.2 Å². The van der Waals surface area contributed by atoms with Crippen LogP contribution in [0.4, 0.5) is 0 Å². The Labute approximate surface area is 116 Å². The number of hydrogen-bond donors (Lipinski definition) is 1. The highest BCUT2D eigenvalue weighted by Gasteiger charge is 2.30. The monoisotopic (exact) mass is 269 g/mol. The maximum atomic E-state index is 11.7. The van der Waals surface area contributed by atoms with Gasteiger partial charge in [-0.25, -0.2) is 0 Å². The van der Waals surface area contributed by atoms with Crippen LogP contribution in [0.3, 0.4) is 0 Å². The van der Waals surface area contributed by atoms with Gasteiger partial charge < -0.3 is 15.0 Å². The smallest absolute Gasteiger partial charge is 0.323 e. The third kappa shape index (κ3) is 3.91. The Morgan fingerprint density at radius 1 is 1.42 bits per heavy atom. The van der Waals surface area contributed by atoms with Gasteiger partial charge in [-0.05, 0) is 39.8 Å². The maximum absolute atomic E-state index is 11.7. The van der Waals surface area contributed by atoms with Crippen LogP contribution < -0.4 is 5.32 Å². The molecule has 5 heteroatoms. The lowest BCUT2D eigenvalue weighted by Gasteiger charge is -2.37. The summed E-state index contributed by atoms with van der Waals surface area (Å²) in [6.45, 7) is 8.06. The number of ether oxygens (including phenoxy) is 1. The molecule has 5 nitrogen and oxygen atoms in total. The molecule has 2 atom stereocenters. The molecule has 2 aliphatic rings. The Kier molecular flexibility index (Phi) is 5.60. The summed E-state index contributed by atoms with van der Waals surface area (Å²) in [7, 11) is 1.83. The Balaban J connectivity index is 1.73. The van der Waals surface area contributed by atoms with Crippen LogP contribution in [0.2, 0.25) is 0 Å². The molecule has 2 heterocycles. The molecule has 1 N–H and O–H groups in total. The zero-order chi connectivity index (χ0) is 13.7. The molecule has 2 saturated heterocycles. The molecule has 0 saturated carbocycles. The number of nitrogens with zero attached hydrogens (tertiary/aromatic N) is 2. The molecule has 0 bridgehead atoms. The van der Waals surface area contributed by atoms with Crippen LogP contribution in [0.15, 0.2) is 0 Å². The molecule has 2 rings (SSSR count). The van der Waals surface area contributed by atoms with E-state index in [0.717, 1.165) is 25.6 Å². The average molecular weight is 269 g/mol. The van der Waals surface area contributed by atoms with E-state index in [1.54, 1.807) is 0 Å². The second-order valence-corrected chi connectivity index (χ2v) is 5.51. The van der Waals surface area contributed by atoms with E-state index in [0.29, 0.717) is 6.61 Å². The standard InChI is InChI=1S/C14H27N3O2/c1-3-19-14(18)13(15-2)6-8-16-9-10-17-7-4-5-12(17)11-16/h12-13,15H,3-11H2,1-2H3. The quantitative estimate of drug-likeness (QED) is 0.703. The van der Waals surface area contributed by atoms with Crippen molar-refractivity contribution in [3.05, 3.63) is 0 Å². The van der Waals surface area contributed by atoms with Crippen LogP contribution in [0.5, 0.6) is 0 Å². The van der Waals surface area contributed by atoms with Gasteiger partial charge in [-0.2, -0.15) is 0 Å². The minimum Gasteiger partial charge on any atom is -0.465 e. The first-order chi connectivity index (χ1) is 9.24. The molecule has 2 unspecified atom stereocenters. The van der Waals surface area contributed by atoms with Crippen molar-refractivity contribution in [2.45, 2.75) is 38.3 Å². The molecule has 110 valence electrons. The number of carbonyl (C=O) groups excluding carboxylic acids is 1. The van der Waals surface area contributed by atoms with Gasteiger partial charge in [0.1, 0.15) is 6.04 Å². The van der Waals surface area contributed by atoms with E-state index in [9.17, 15) is 4.79 Å². The summed E-state index contributed by atoms with van der Waals surface area (Å²) in [6.07, 6.45) is 3.52. The molecule has 0 aromatic carbocycles. The summed E-state index contributed by atoms with van der Waals surface area (Å²) < 4.78 is 5.08. The van der Waals surface area contributed by atoms with Gasteiger partial charge in [-0.1, -0.05) is 0 Å². The van der Waals surface area contributed by atoms with Crippen LogP contribution in [0, 0.1) is 0 Å². The Hall–Kier alpha value is -0.650. The molecule has 0 radical (unpaired) electrons. The van der Waals surface area contributed by atoms with Crippen molar-refractivity contribution < 1.29 is 9.53 Å². The SMILES string of the molecule is CCOC(=O)C(CCN1CCN2CCCC2C1)NC. The molecule has 0 aliphatic carbocycles. The highest BCUT2D eigenvalue weighted by Crippen LogP contribution is 2.21. The van der Waals surface area contributed by atoms with Gasteiger partial charge in [-0.15, -0.1) is 0 Å². The fourth-order valence-electron chi connectivity index (χ4n) is 3.19. The summed E-state index contributed by atoms with van der Waals surface area (Å²) in [5, 5.41) is 3.06. The Morgan fingerprint density at radius 3 is 3.00 bits per heavy atom. The summed E-state index contributed by atoms with van der Waals surface area (Å²) >= 11 is 0. The van der Waals surface area contributed by atoms with E-state index < -0.39 is 0 Å². The normalized spacial score (nSPS) is 26.1. The number of likely N-dealkylation sites (N-methyl/N-ethyl adjacent to an activating group) is 1. The number of nitrogens with one attached hydrogen (secondary N) is 1. The first kappa shape index (κ1) is 14.8. The van der Waals surface area contributed by atoms with E-state index in [1.165, 1.54) is 32.5 Å². The van der Waals surface area contributed by atoms with E-state index >= 15 is 0 Å². The fourth-order valence-corrected chi connectivity index (χ4v) is 3.19. The van der Waals surface area contributed by atoms with Crippen molar-refractivity contribution in [1.29, 1.82) is 0 Å². The van der Waals surface area contributed by atoms with Crippen molar-refractivity contribution in [3.8, 4) is 0 Å². The molecule has 2 fully saturated rings.